The van der Waals surface area contributed by atoms with Crippen LogP contribution in [0.5, 0.6) is 0 Å². The summed E-state index contributed by atoms with van der Waals surface area (Å²) in [7, 11) is 1.70. The van der Waals surface area contributed by atoms with Gasteiger partial charge in [0.25, 0.3) is 0 Å². The number of nitrogens with zero attached hydrogens (tertiary/aromatic N) is 3. The van der Waals surface area contributed by atoms with Gasteiger partial charge in [-0.15, -0.1) is 0 Å². The van der Waals surface area contributed by atoms with Gasteiger partial charge in [-0.05, 0) is 26.0 Å². The number of aliphatic hydroxyl groups is 1. The quantitative estimate of drug-likeness (QED) is 0.887. The van der Waals surface area contributed by atoms with Crippen molar-refractivity contribution >= 4 is 11.9 Å². The summed E-state index contributed by atoms with van der Waals surface area (Å²) in [6.07, 6.45) is 5.64. The second kappa shape index (κ2) is 6.15. The third kappa shape index (κ3) is 3.65. The van der Waals surface area contributed by atoms with Gasteiger partial charge in [-0.1, -0.05) is 0 Å². The molecule has 1 aromatic heterocycles. The van der Waals surface area contributed by atoms with E-state index in [0.29, 0.717) is 12.3 Å². The molecule has 5 nitrogen and oxygen atoms in total. The molecule has 0 fully saturated rings. The molecule has 0 amide bonds. The second-order valence-electron chi connectivity index (χ2n) is 5.30. The SMILES string of the molecule is COCCN1C=C(c2ccc(C(C)(C)O)nc2)N=CC1. The van der Waals surface area contributed by atoms with Gasteiger partial charge in [-0.2, -0.15) is 0 Å². The van der Waals surface area contributed by atoms with Crippen LogP contribution in [0, 0.1) is 0 Å². The standard InChI is InChI=1S/C15H21N3O2/c1-15(2,19)14-5-4-12(10-17-14)13-11-18(7-6-16-13)8-9-20-3/h4-6,10-11,19H,7-9H2,1-3H3. The number of methoxy groups -OCH3 is 1. The van der Waals surface area contributed by atoms with Crippen LogP contribution in [-0.4, -0.2) is 48.0 Å². The molecule has 0 aliphatic carbocycles. The van der Waals surface area contributed by atoms with E-state index in [9.17, 15) is 5.11 Å². The summed E-state index contributed by atoms with van der Waals surface area (Å²) < 4.78 is 5.08. The summed E-state index contributed by atoms with van der Waals surface area (Å²) in [6.45, 7) is 5.76. The molecule has 2 heterocycles. The minimum atomic E-state index is -0.923. The van der Waals surface area contributed by atoms with E-state index in [1.165, 1.54) is 0 Å². The van der Waals surface area contributed by atoms with Crippen LogP contribution in [0.2, 0.25) is 0 Å². The van der Waals surface area contributed by atoms with Crippen molar-refractivity contribution in [1.29, 1.82) is 0 Å². The van der Waals surface area contributed by atoms with Crippen LogP contribution in [0.3, 0.4) is 0 Å². The number of aliphatic imine (C=N–C) groups is 1. The molecule has 20 heavy (non-hydrogen) atoms. The third-order valence-corrected chi connectivity index (χ3v) is 3.12. The maximum atomic E-state index is 9.90. The Morgan fingerprint density at radius 3 is 2.80 bits per heavy atom. The summed E-state index contributed by atoms with van der Waals surface area (Å²) in [4.78, 5) is 10.9. The topological polar surface area (TPSA) is 58.0 Å². The first kappa shape index (κ1) is 14.7. The fraction of sp³-hybridized carbons (Fsp3) is 0.467. The molecule has 0 saturated carbocycles. The van der Waals surface area contributed by atoms with Crippen LogP contribution >= 0.6 is 0 Å². The molecule has 0 saturated heterocycles. The molecule has 1 aromatic rings. The number of rotatable bonds is 5. The van der Waals surface area contributed by atoms with E-state index in [4.69, 9.17) is 4.74 Å². The highest BCUT2D eigenvalue weighted by Crippen LogP contribution is 2.22. The van der Waals surface area contributed by atoms with Gasteiger partial charge in [0.15, 0.2) is 0 Å². The number of hydrogen-bond acceptors (Lipinski definition) is 5. The largest absolute Gasteiger partial charge is 0.384 e. The fourth-order valence-electron chi connectivity index (χ4n) is 1.92. The minimum Gasteiger partial charge on any atom is -0.384 e. The van der Waals surface area contributed by atoms with Crippen LogP contribution in [0.25, 0.3) is 5.70 Å². The Kier molecular flexibility index (Phi) is 4.52. The van der Waals surface area contributed by atoms with Crippen molar-refractivity contribution in [2.45, 2.75) is 19.4 Å². The Morgan fingerprint density at radius 1 is 1.40 bits per heavy atom. The Hall–Kier alpha value is -1.72. The van der Waals surface area contributed by atoms with Crippen LogP contribution in [-0.2, 0) is 10.3 Å². The lowest BCUT2D eigenvalue weighted by Crippen LogP contribution is -2.26. The van der Waals surface area contributed by atoms with E-state index in [1.54, 1.807) is 27.2 Å². The van der Waals surface area contributed by atoms with E-state index in [2.05, 4.69) is 14.9 Å². The van der Waals surface area contributed by atoms with Crippen molar-refractivity contribution in [3.63, 3.8) is 0 Å². The lowest BCUT2D eigenvalue weighted by Gasteiger charge is -2.22. The monoisotopic (exact) mass is 275 g/mol. The van der Waals surface area contributed by atoms with Gasteiger partial charge in [-0.25, -0.2) is 0 Å². The van der Waals surface area contributed by atoms with E-state index in [-0.39, 0.29) is 0 Å². The number of pyridine rings is 1. The minimum absolute atomic E-state index is 0.651. The Labute approximate surface area is 119 Å². The molecule has 0 unspecified atom stereocenters. The maximum Gasteiger partial charge on any atom is 0.101 e. The molecule has 0 bridgehead atoms. The van der Waals surface area contributed by atoms with Gasteiger partial charge in [0, 0.05) is 37.8 Å². The fourth-order valence-corrected chi connectivity index (χ4v) is 1.92. The third-order valence-electron chi connectivity index (χ3n) is 3.12. The van der Waals surface area contributed by atoms with Crippen molar-refractivity contribution in [3.8, 4) is 0 Å². The summed E-state index contributed by atoms with van der Waals surface area (Å²) in [5.41, 5.74) is 1.55. The first-order valence-electron chi connectivity index (χ1n) is 6.67. The molecule has 0 atom stereocenters. The molecule has 0 radical (unpaired) electrons. The highest BCUT2D eigenvalue weighted by atomic mass is 16.5. The zero-order chi connectivity index (χ0) is 14.6. The zero-order valence-electron chi connectivity index (χ0n) is 12.2. The lowest BCUT2D eigenvalue weighted by molar-refractivity contribution is 0.0738. The molecule has 108 valence electrons. The predicted molar refractivity (Wildman–Crippen MR) is 79.4 cm³/mol. The van der Waals surface area contributed by atoms with Crippen LogP contribution < -0.4 is 0 Å². The number of aromatic nitrogens is 1. The van der Waals surface area contributed by atoms with Gasteiger partial charge in [-0.3, -0.25) is 9.98 Å². The van der Waals surface area contributed by atoms with Gasteiger partial charge >= 0.3 is 0 Å². The van der Waals surface area contributed by atoms with Gasteiger partial charge < -0.3 is 14.7 Å². The Bertz CT molecular complexity index is 501. The Balaban J connectivity index is 2.14. The van der Waals surface area contributed by atoms with Crippen LogP contribution in [0.1, 0.15) is 25.1 Å². The van der Waals surface area contributed by atoms with Crippen molar-refractivity contribution in [3.05, 3.63) is 35.8 Å². The van der Waals surface area contributed by atoms with Crippen molar-refractivity contribution < 1.29 is 9.84 Å². The summed E-state index contributed by atoms with van der Waals surface area (Å²) in [5.74, 6) is 0. The van der Waals surface area contributed by atoms with Gasteiger partial charge in [0.2, 0.25) is 0 Å². The average molecular weight is 275 g/mol. The predicted octanol–water partition coefficient (Wildman–Crippen LogP) is 1.64. The molecular formula is C15H21N3O2. The zero-order valence-corrected chi connectivity index (χ0v) is 12.2. The van der Waals surface area contributed by atoms with Crippen molar-refractivity contribution in [2.75, 3.05) is 26.8 Å². The van der Waals surface area contributed by atoms with Crippen molar-refractivity contribution in [2.24, 2.45) is 4.99 Å². The second-order valence-corrected chi connectivity index (χ2v) is 5.30. The molecular weight excluding hydrogens is 254 g/mol. The summed E-state index contributed by atoms with van der Waals surface area (Å²) in [6, 6.07) is 3.77. The highest BCUT2D eigenvalue weighted by molar-refractivity contribution is 5.76. The maximum absolute atomic E-state index is 9.90. The Morgan fingerprint density at radius 2 is 2.20 bits per heavy atom. The van der Waals surface area contributed by atoms with E-state index < -0.39 is 5.60 Å². The van der Waals surface area contributed by atoms with E-state index >= 15 is 0 Å². The van der Waals surface area contributed by atoms with E-state index in [0.717, 1.165) is 24.4 Å². The first-order chi connectivity index (χ1) is 9.50. The average Bonchev–Trinajstić information content (AvgIpc) is 2.45. The molecule has 1 aliphatic rings. The summed E-state index contributed by atoms with van der Waals surface area (Å²) in [5, 5.41) is 9.90. The molecule has 5 heteroatoms. The molecule has 0 aromatic carbocycles. The number of ether oxygens (including phenoxy) is 1. The molecule has 2 rings (SSSR count). The van der Waals surface area contributed by atoms with Gasteiger partial charge in [0.05, 0.1) is 24.5 Å². The molecule has 1 N–H and O–H groups in total. The lowest BCUT2D eigenvalue weighted by atomic mass is 10.0. The summed E-state index contributed by atoms with van der Waals surface area (Å²) >= 11 is 0. The van der Waals surface area contributed by atoms with Crippen LogP contribution in [0.15, 0.2) is 29.5 Å². The number of hydrogen-bond donors (Lipinski definition) is 1. The normalized spacial score (nSPS) is 15.4. The smallest absolute Gasteiger partial charge is 0.101 e. The molecule has 0 spiro atoms. The van der Waals surface area contributed by atoms with Crippen LogP contribution in [0.4, 0.5) is 0 Å². The first-order valence-corrected chi connectivity index (χ1v) is 6.67. The van der Waals surface area contributed by atoms with Gasteiger partial charge in [0.1, 0.15) is 5.60 Å². The molecule has 1 aliphatic heterocycles. The van der Waals surface area contributed by atoms with E-state index in [1.807, 2.05) is 24.5 Å². The highest BCUT2D eigenvalue weighted by Gasteiger charge is 2.17. The van der Waals surface area contributed by atoms with Crippen molar-refractivity contribution in [1.82, 2.24) is 9.88 Å².